The molecule has 0 N–H and O–H groups in total. The molecule has 4 rings (SSSR count). The van der Waals surface area contributed by atoms with Gasteiger partial charge in [0.15, 0.2) is 0 Å². The Morgan fingerprint density at radius 2 is 0.789 bits per heavy atom. The largest absolute Gasteiger partial charge is 0.417 e. The molecule has 0 aliphatic heterocycles. The summed E-state index contributed by atoms with van der Waals surface area (Å²) in [5, 5.41) is 0. The van der Waals surface area contributed by atoms with Crippen molar-refractivity contribution in [2.45, 2.75) is 13.8 Å². The maximum atomic E-state index is 11.8. The summed E-state index contributed by atoms with van der Waals surface area (Å²) in [6, 6.07) is 34.9. The quantitative estimate of drug-likeness (QED) is 0.0999. The van der Waals surface area contributed by atoms with E-state index in [1.165, 1.54) is 0 Å². The number of ether oxygens (including phenoxy) is 2. The van der Waals surface area contributed by atoms with Gasteiger partial charge in [0, 0.05) is 11.8 Å². The van der Waals surface area contributed by atoms with E-state index >= 15 is 0 Å². The molecule has 0 aliphatic carbocycles. The number of esters is 2. The molecule has 0 spiro atoms. The van der Waals surface area contributed by atoms with Gasteiger partial charge in [0.1, 0.15) is 11.5 Å². The Hall–Kier alpha value is -5.32. The van der Waals surface area contributed by atoms with Gasteiger partial charge >= 0.3 is 11.9 Å². The van der Waals surface area contributed by atoms with Crippen LogP contribution in [-0.2, 0) is 9.59 Å². The lowest BCUT2D eigenvalue weighted by molar-refractivity contribution is -0.128. The highest BCUT2D eigenvalue weighted by Crippen LogP contribution is 2.37. The lowest BCUT2D eigenvalue weighted by Gasteiger charge is -2.18. The van der Waals surface area contributed by atoms with Crippen molar-refractivity contribution in [2.75, 3.05) is 0 Å². The van der Waals surface area contributed by atoms with Crippen LogP contribution in [0.2, 0.25) is 0 Å². The maximum Gasteiger partial charge on any atom is 0.389 e. The Labute approximate surface area is 222 Å². The molecular formula is C34H24O4. The summed E-state index contributed by atoms with van der Waals surface area (Å²) in [5.74, 6) is 9.48. The summed E-state index contributed by atoms with van der Waals surface area (Å²) in [5.41, 5.74) is 5.88. The van der Waals surface area contributed by atoms with Gasteiger partial charge in [-0.1, -0.05) is 96.8 Å². The van der Waals surface area contributed by atoms with Gasteiger partial charge in [0.05, 0.1) is 0 Å². The molecule has 38 heavy (non-hydrogen) atoms. The van der Waals surface area contributed by atoms with Crippen molar-refractivity contribution in [3.63, 3.8) is 0 Å². The Morgan fingerprint density at radius 3 is 1.11 bits per heavy atom. The van der Waals surface area contributed by atoms with Gasteiger partial charge in [-0.2, -0.15) is 0 Å². The summed E-state index contributed by atoms with van der Waals surface area (Å²) in [4.78, 5) is 23.6. The minimum absolute atomic E-state index is 0.413. The van der Waals surface area contributed by atoms with Gasteiger partial charge in [0.2, 0.25) is 0 Å². The molecule has 0 unspecified atom stereocenters. The van der Waals surface area contributed by atoms with Crippen molar-refractivity contribution in [1.82, 2.24) is 0 Å². The lowest BCUT2D eigenvalue weighted by atomic mass is 9.86. The average molecular weight is 497 g/mol. The molecule has 0 amide bonds. The first kappa shape index (κ1) is 25.8. The van der Waals surface area contributed by atoms with Crippen LogP contribution in [0.5, 0.6) is 11.5 Å². The molecular weight excluding hydrogens is 472 g/mol. The third kappa shape index (κ3) is 6.46. The zero-order chi connectivity index (χ0) is 26.7. The Kier molecular flexibility index (Phi) is 8.53. The summed E-state index contributed by atoms with van der Waals surface area (Å²) >= 11 is 0. The molecule has 0 aliphatic rings. The van der Waals surface area contributed by atoms with Crippen LogP contribution in [0.3, 0.4) is 0 Å². The molecule has 0 aromatic heterocycles. The second kappa shape index (κ2) is 12.6. The number of benzene rings is 4. The van der Waals surface area contributed by atoms with Crippen molar-refractivity contribution >= 4 is 23.1 Å². The van der Waals surface area contributed by atoms with E-state index in [1.54, 1.807) is 38.1 Å². The van der Waals surface area contributed by atoms with E-state index in [1.807, 2.05) is 60.7 Å². The standard InChI is InChI=1S/C34H24O4/c1-3-11-31(35)37-29-21-17-27(18-22-29)33(25-13-7-5-8-14-25)34(26-15-9-6-10-16-26)28-19-23-30(24-20-28)38-32(36)12-4-2/h5-10,13-24H,1-2H3/b34-33+. The van der Waals surface area contributed by atoms with Crippen LogP contribution in [0, 0.1) is 23.7 Å². The summed E-state index contributed by atoms with van der Waals surface area (Å²) in [6.45, 7) is 3.17. The van der Waals surface area contributed by atoms with Crippen LogP contribution >= 0.6 is 0 Å². The molecule has 0 saturated heterocycles. The van der Waals surface area contributed by atoms with Gasteiger partial charge in [-0.25, -0.2) is 9.59 Å². The highest BCUT2D eigenvalue weighted by atomic mass is 16.5. The van der Waals surface area contributed by atoms with E-state index in [0.717, 1.165) is 33.4 Å². The molecule has 4 nitrogen and oxygen atoms in total. The first-order valence-corrected chi connectivity index (χ1v) is 11.9. The minimum Gasteiger partial charge on any atom is -0.417 e. The molecule has 0 saturated carbocycles. The maximum absolute atomic E-state index is 11.8. The number of hydrogen-bond donors (Lipinski definition) is 0. The first-order chi connectivity index (χ1) is 18.6. The molecule has 4 aromatic carbocycles. The van der Waals surface area contributed by atoms with Gasteiger partial charge in [-0.05, 0) is 71.5 Å². The van der Waals surface area contributed by atoms with Crippen LogP contribution in [0.4, 0.5) is 0 Å². The summed E-state index contributed by atoms with van der Waals surface area (Å²) in [6.07, 6.45) is 0. The molecule has 0 bridgehead atoms. The molecule has 0 heterocycles. The van der Waals surface area contributed by atoms with Gasteiger partial charge < -0.3 is 9.47 Å². The van der Waals surface area contributed by atoms with E-state index in [0.29, 0.717) is 11.5 Å². The average Bonchev–Trinajstić information content (AvgIpc) is 2.94. The Morgan fingerprint density at radius 1 is 0.474 bits per heavy atom. The van der Waals surface area contributed by atoms with E-state index in [-0.39, 0.29) is 0 Å². The van der Waals surface area contributed by atoms with Gasteiger partial charge in [-0.15, -0.1) is 0 Å². The molecule has 4 aromatic rings. The molecule has 4 heteroatoms. The number of rotatable bonds is 6. The van der Waals surface area contributed by atoms with Crippen molar-refractivity contribution in [3.05, 3.63) is 131 Å². The van der Waals surface area contributed by atoms with E-state index in [4.69, 9.17) is 9.47 Å². The Balaban J connectivity index is 1.88. The van der Waals surface area contributed by atoms with E-state index in [2.05, 4.69) is 47.9 Å². The number of carbonyl (C=O) groups is 2. The fraction of sp³-hybridized carbons (Fsp3) is 0.0588. The number of carbonyl (C=O) groups excluding carboxylic acids is 2. The van der Waals surface area contributed by atoms with Crippen molar-refractivity contribution < 1.29 is 19.1 Å². The van der Waals surface area contributed by atoms with Crippen LogP contribution < -0.4 is 9.47 Å². The third-order valence-corrected chi connectivity index (χ3v) is 5.54. The van der Waals surface area contributed by atoms with Crippen LogP contribution in [0.1, 0.15) is 36.1 Å². The van der Waals surface area contributed by atoms with Gasteiger partial charge in [-0.3, -0.25) is 0 Å². The Bertz CT molecular complexity index is 1450. The van der Waals surface area contributed by atoms with Crippen molar-refractivity contribution in [1.29, 1.82) is 0 Å². The smallest absolute Gasteiger partial charge is 0.389 e. The predicted molar refractivity (Wildman–Crippen MR) is 149 cm³/mol. The fourth-order valence-electron chi connectivity index (χ4n) is 3.97. The lowest BCUT2D eigenvalue weighted by Crippen LogP contribution is -2.04. The molecule has 184 valence electrons. The van der Waals surface area contributed by atoms with E-state index < -0.39 is 11.9 Å². The third-order valence-electron chi connectivity index (χ3n) is 5.54. The van der Waals surface area contributed by atoms with Crippen LogP contribution in [0.15, 0.2) is 109 Å². The normalized spacial score (nSPS) is 10.6. The van der Waals surface area contributed by atoms with E-state index in [9.17, 15) is 9.59 Å². The molecule has 0 fully saturated rings. The van der Waals surface area contributed by atoms with Gasteiger partial charge in [0.25, 0.3) is 0 Å². The SMILES string of the molecule is CC#CC(=O)Oc1ccc(/C(=C(\c2ccccc2)c2ccc(OC(=O)C#CC)cc2)c2ccccc2)cc1. The molecule has 0 radical (unpaired) electrons. The monoisotopic (exact) mass is 496 g/mol. The fourth-order valence-corrected chi connectivity index (χ4v) is 3.97. The highest BCUT2D eigenvalue weighted by Gasteiger charge is 2.17. The van der Waals surface area contributed by atoms with Crippen molar-refractivity contribution in [2.24, 2.45) is 0 Å². The second-order valence-electron chi connectivity index (χ2n) is 8.06. The summed E-state index contributed by atoms with van der Waals surface area (Å²) in [7, 11) is 0. The predicted octanol–water partition coefficient (Wildman–Crippen LogP) is 6.55. The highest BCUT2D eigenvalue weighted by molar-refractivity contribution is 6.04. The number of hydrogen-bond acceptors (Lipinski definition) is 4. The second-order valence-corrected chi connectivity index (χ2v) is 8.06. The van der Waals surface area contributed by atoms with Crippen molar-refractivity contribution in [3.8, 4) is 35.2 Å². The topological polar surface area (TPSA) is 52.6 Å². The molecule has 0 atom stereocenters. The van der Waals surface area contributed by atoms with Crippen LogP contribution in [0.25, 0.3) is 11.1 Å². The first-order valence-electron chi connectivity index (χ1n) is 11.9. The minimum atomic E-state index is -0.602. The zero-order valence-electron chi connectivity index (χ0n) is 21.0. The van der Waals surface area contributed by atoms with Crippen LogP contribution in [-0.4, -0.2) is 11.9 Å². The zero-order valence-corrected chi connectivity index (χ0v) is 21.0. The summed E-state index contributed by atoms with van der Waals surface area (Å²) < 4.78 is 10.6.